The summed E-state index contributed by atoms with van der Waals surface area (Å²) in [7, 11) is 0. The van der Waals surface area contributed by atoms with Gasteiger partial charge in [-0.25, -0.2) is 0 Å². The van der Waals surface area contributed by atoms with Crippen LogP contribution < -0.4 is 0 Å². The van der Waals surface area contributed by atoms with Crippen molar-refractivity contribution in [1.82, 2.24) is 0 Å². The zero-order chi connectivity index (χ0) is 4.41. The summed E-state index contributed by atoms with van der Waals surface area (Å²) < 4.78 is 1.63. The molecule has 0 bridgehead atoms. The molecule has 0 saturated carbocycles. The molecule has 0 N–H and O–H groups in total. The van der Waals surface area contributed by atoms with Crippen LogP contribution in [0.5, 0.6) is 0 Å². The van der Waals surface area contributed by atoms with Crippen molar-refractivity contribution in [3.8, 4) is 0 Å². The number of hydrogen-bond acceptors (Lipinski definition) is 0. The van der Waals surface area contributed by atoms with Crippen molar-refractivity contribution in [2.75, 3.05) is 0 Å². The molecule has 6 heavy (non-hydrogen) atoms. The first-order chi connectivity index (χ1) is 2.89. The fraction of sp³-hybridized carbons (Fsp3) is 0.200. The molecule has 1 heteroatoms. The Hall–Kier alpha value is 0.675. The molecule has 1 aliphatic carbocycles. The van der Waals surface area contributed by atoms with Crippen LogP contribution in [0.2, 0.25) is 0 Å². The molecule has 0 nitrogen and oxygen atoms in total. The van der Waals surface area contributed by atoms with Crippen LogP contribution in [0, 0.1) is 33.7 Å². The zero-order valence-corrected chi connectivity index (χ0v) is 7.14. The molecule has 0 amide bonds. The summed E-state index contributed by atoms with van der Waals surface area (Å²) in [6, 6.07) is 0. The molecule has 0 heterocycles. The van der Waals surface area contributed by atoms with Crippen LogP contribution in [-0.2, 0) is 0 Å². The van der Waals surface area contributed by atoms with Crippen molar-refractivity contribution in [2.24, 2.45) is 0 Å². The SMILES string of the molecule is [La][C]1=CC=CC1. The van der Waals surface area contributed by atoms with Gasteiger partial charge in [-0.2, -0.15) is 0 Å². The second-order valence-corrected chi connectivity index (χ2v) is 3.70. The monoisotopic (exact) mass is 204 g/mol. The Bertz CT molecular complexity index is 101. The van der Waals surface area contributed by atoms with Crippen molar-refractivity contribution < 1.29 is 33.7 Å². The third kappa shape index (κ3) is 1.07. The van der Waals surface area contributed by atoms with E-state index in [1.54, 1.807) is 1.98 Å². The normalized spacial score (nSPS) is 18.2. The summed E-state index contributed by atoms with van der Waals surface area (Å²) in [6.45, 7) is 0. The minimum absolute atomic E-state index is 1.07. The van der Waals surface area contributed by atoms with E-state index in [1.807, 2.05) is 0 Å². The Balaban J connectivity index is 2.61. The van der Waals surface area contributed by atoms with Crippen LogP contribution in [-0.4, -0.2) is 0 Å². The summed E-state index contributed by atoms with van der Waals surface area (Å²) >= 11 is 1.07. The first-order valence-electron chi connectivity index (χ1n) is 2.01. The van der Waals surface area contributed by atoms with Crippen LogP contribution >= 0.6 is 0 Å². The van der Waals surface area contributed by atoms with Gasteiger partial charge in [0.25, 0.3) is 0 Å². The molecule has 0 fully saturated rings. The standard InChI is InChI=1S/C5H5.La/c1-2-4-5-3-1;/h1-3H,4H2;. The van der Waals surface area contributed by atoms with E-state index in [2.05, 4.69) is 18.2 Å². The zero-order valence-electron chi connectivity index (χ0n) is 3.52. The van der Waals surface area contributed by atoms with Crippen LogP contribution in [0.15, 0.2) is 20.2 Å². The minimum atomic E-state index is 1.07. The molecule has 0 unspecified atom stereocenters. The summed E-state index contributed by atoms with van der Waals surface area (Å²) in [5, 5.41) is 0. The Kier molecular flexibility index (Phi) is 1.69. The van der Waals surface area contributed by atoms with Crippen molar-refractivity contribution in [2.45, 2.75) is 6.42 Å². The number of hydrogen-bond donors (Lipinski definition) is 0. The first-order valence-corrected chi connectivity index (χ1v) is 3.82. The third-order valence-electron chi connectivity index (χ3n) is 0.800. The van der Waals surface area contributed by atoms with Crippen LogP contribution in [0.3, 0.4) is 0 Å². The molecule has 0 atom stereocenters. The molecule has 28 valence electrons. The maximum atomic E-state index is 2.21. The Labute approximate surface area is 59.9 Å². The van der Waals surface area contributed by atoms with Crippen molar-refractivity contribution >= 4 is 0 Å². The van der Waals surface area contributed by atoms with Gasteiger partial charge in [-0.05, 0) is 0 Å². The predicted molar refractivity (Wildman–Crippen MR) is 21.8 cm³/mol. The molecule has 0 radical (unpaired) electrons. The van der Waals surface area contributed by atoms with Crippen molar-refractivity contribution in [1.29, 1.82) is 0 Å². The van der Waals surface area contributed by atoms with Gasteiger partial charge < -0.3 is 0 Å². The summed E-state index contributed by atoms with van der Waals surface area (Å²) in [5.41, 5.74) is 0. The van der Waals surface area contributed by atoms with Crippen molar-refractivity contribution in [3.05, 3.63) is 20.2 Å². The van der Waals surface area contributed by atoms with E-state index < -0.39 is 0 Å². The Morgan fingerprint density at radius 2 is 2.50 bits per heavy atom. The van der Waals surface area contributed by atoms with E-state index >= 15 is 0 Å². The number of allylic oxidation sites excluding steroid dienone is 4. The third-order valence-corrected chi connectivity index (χ3v) is 2.14. The summed E-state index contributed by atoms with van der Waals surface area (Å²) in [6.07, 6.45) is 7.79. The van der Waals surface area contributed by atoms with Crippen LogP contribution in [0.4, 0.5) is 0 Å². The van der Waals surface area contributed by atoms with Gasteiger partial charge in [0.1, 0.15) is 0 Å². The molecule has 1 rings (SSSR count). The maximum absolute atomic E-state index is 2.21. The molecule has 0 aromatic rings. The summed E-state index contributed by atoms with van der Waals surface area (Å²) in [5.74, 6) is 0. The van der Waals surface area contributed by atoms with Crippen LogP contribution in [0.25, 0.3) is 0 Å². The predicted octanol–water partition coefficient (Wildman–Crippen LogP) is 1.38. The molecule has 0 aromatic carbocycles. The average Bonchev–Trinajstić information content (AvgIpc) is 1.86. The molecular weight excluding hydrogens is 199 g/mol. The first kappa shape index (κ1) is 4.82. The van der Waals surface area contributed by atoms with E-state index in [1.165, 1.54) is 6.42 Å². The van der Waals surface area contributed by atoms with E-state index in [4.69, 9.17) is 0 Å². The second kappa shape index (κ2) is 2.11. The van der Waals surface area contributed by atoms with Gasteiger partial charge in [-0.15, -0.1) is 0 Å². The van der Waals surface area contributed by atoms with Gasteiger partial charge in [-0.1, -0.05) is 0 Å². The Morgan fingerprint density at radius 1 is 1.67 bits per heavy atom. The van der Waals surface area contributed by atoms with Gasteiger partial charge in [0.05, 0.1) is 0 Å². The second-order valence-electron chi connectivity index (χ2n) is 1.37. The fourth-order valence-corrected chi connectivity index (χ4v) is 1.24. The van der Waals surface area contributed by atoms with E-state index in [-0.39, 0.29) is 0 Å². The van der Waals surface area contributed by atoms with Crippen LogP contribution in [0.1, 0.15) is 6.42 Å². The van der Waals surface area contributed by atoms with Gasteiger partial charge in [0, 0.05) is 0 Å². The average molecular weight is 204 g/mol. The van der Waals surface area contributed by atoms with E-state index in [0.29, 0.717) is 0 Å². The molecular formula is C5H5La. The topological polar surface area (TPSA) is 0 Å². The quantitative estimate of drug-likeness (QED) is 0.559. The molecule has 0 aliphatic heterocycles. The molecule has 1 aliphatic rings. The van der Waals surface area contributed by atoms with E-state index in [9.17, 15) is 0 Å². The van der Waals surface area contributed by atoms with Gasteiger partial charge >= 0.3 is 60.4 Å². The van der Waals surface area contributed by atoms with Gasteiger partial charge in [0.2, 0.25) is 0 Å². The van der Waals surface area contributed by atoms with E-state index in [0.717, 1.165) is 33.7 Å². The molecule has 0 aromatic heterocycles. The van der Waals surface area contributed by atoms with Crippen molar-refractivity contribution in [3.63, 3.8) is 0 Å². The van der Waals surface area contributed by atoms with Gasteiger partial charge in [0.15, 0.2) is 0 Å². The fourth-order valence-electron chi connectivity index (χ4n) is 0.464. The Morgan fingerprint density at radius 3 is 2.67 bits per heavy atom. The molecule has 0 spiro atoms. The summed E-state index contributed by atoms with van der Waals surface area (Å²) in [4.78, 5) is 0. The molecule has 0 saturated heterocycles. The van der Waals surface area contributed by atoms with Gasteiger partial charge in [-0.3, -0.25) is 0 Å². The number of rotatable bonds is 0.